The van der Waals surface area contributed by atoms with Gasteiger partial charge in [0.1, 0.15) is 0 Å². The van der Waals surface area contributed by atoms with E-state index in [0.29, 0.717) is 4.90 Å². The number of amides is 2. The lowest BCUT2D eigenvalue weighted by Crippen LogP contribution is -2.31. The number of aromatic carboxylic acids is 3. The molecule has 9 nitrogen and oxygen atoms in total. The average molecular weight is 415 g/mol. The van der Waals surface area contributed by atoms with Gasteiger partial charge in [-0.25, -0.2) is 19.3 Å². The quantitative estimate of drug-likeness (QED) is 0.603. The number of hydrogen-bond acceptors (Lipinski definition) is 6. The number of carbonyl (C=O) groups is 5. The summed E-state index contributed by atoms with van der Waals surface area (Å²) < 4.78 is 0. The Kier molecular flexibility index (Phi) is 5.37. The second-order valence-corrected chi connectivity index (χ2v) is 7.30. The van der Waals surface area contributed by atoms with Crippen LogP contribution in [-0.4, -0.2) is 50.3 Å². The summed E-state index contributed by atoms with van der Waals surface area (Å²) in [5.41, 5.74) is -0.940. The van der Waals surface area contributed by atoms with E-state index in [-0.39, 0.29) is 28.8 Å². The Hall–Kier alpha value is -3.66. The van der Waals surface area contributed by atoms with Gasteiger partial charge >= 0.3 is 17.9 Å². The predicted octanol–water partition coefficient (Wildman–Crippen LogP) is 2.21. The Labute approximate surface area is 167 Å². The Balaban J connectivity index is 1.95. The number of carbonyl (C=O) groups excluding carboxylic acids is 2. The van der Waals surface area contributed by atoms with E-state index in [1.54, 1.807) is 6.07 Å². The molecule has 3 rings (SSSR count). The zero-order valence-corrected chi connectivity index (χ0v) is 15.4. The van der Waals surface area contributed by atoms with Gasteiger partial charge in [0.25, 0.3) is 0 Å². The van der Waals surface area contributed by atoms with E-state index in [0.717, 1.165) is 34.9 Å². The number of rotatable bonds is 6. The molecule has 1 atom stereocenters. The highest BCUT2D eigenvalue weighted by molar-refractivity contribution is 8.00. The largest absolute Gasteiger partial charge is 0.478 e. The summed E-state index contributed by atoms with van der Waals surface area (Å²) >= 11 is 0.912. The molecule has 3 N–H and O–H groups in total. The van der Waals surface area contributed by atoms with E-state index in [2.05, 4.69) is 0 Å². The summed E-state index contributed by atoms with van der Waals surface area (Å²) in [4.78, 5) is 60.2. The maximum absolute atomic E-state index is 12.8. The number of imide groups is 1. The van der Waals surface area contributed by atoms with Crippen molar-refractivity contribution in [3.8, 4) is 0 Å². The Bertz CT molecular complexity index is 1030. The maximum Gasteiger partial charge on any atom is 0.336 e. The van der Waals surface area contributed by atoms with E-state index in [4.69, 9.17) is 0 Å². The molecule has 148 valence electrons. The second-order valence-electron chi connectivity index (χ2n) is 6.06. The molecule has 0 saturated carbocycles. The van der Waals surface area contributed by atoms with Crippen LogP contribution in [0.5, 0.6) is 0 Å². The van der Waals surface area contributed by atoms with Crippen molar-refractivity contribution >= 4 is 47.2 Å². The Morgan fingerprint density at radius 2 is 1.48 bits per heavy atom. The van der Waals surface area contributed by atoms with Gasteiger partial charge in [-0.3, -0.25) is 9.59 Å². The van der Waals surface area contributed by atoms with Crippen molar-refractivity contribution in [2.24, 2.45) is 0 Å². The van der Waals surface area contributed by atoms with Gasteiger partial charge in [0.05, 0.1) is 27.6 Å². The molecular weight excluding hydrogens is 402 g/mol. The minimum absolute atomic E-state index is 0.0164. The first kappa shape index (κ1) is 20.1. The number of nitrogens with zero attached hydrogens (tertiary/aromatic N) is 1. The lowest BCUT2D eigenvalue weighted by atomic mass is 10.1. The van der Waals surface area contributed by atoms with Crippen molar-refractivity contribution in [1.82, 2.24) is 0 Å². The number of hydrogen-bond donors (Lipinski definition) is 3. The van der Waals surface area contributed by atoms with Crippen molar-refractivity contribution in [2.75, 3.05) is 4.90 Å². The number of carboxylic acids is 3. The van der Waals surface area contributed by atoms with Gasteiger partial charge in [0.15, 0.2) is 0 Å². The van der Waals surface area contributed by atoms with Crippen molar-refractivity contribution in [3.05, 3.63) is 59.2 Å². The maximum atomic E-state index is 12.8. The standard InChI is InChI=1S/C19H13NO8S/c21-15-8-14(29-13-4-2-1-3-12(13)19(27)28)16(22)20(15)11-6-9(17(23)24)5-10(7-11)18(25)26/h1-7,14H,8H2,(H,23,24)(H,25,26)(H,27,28). The van der Waals surface area contributed by atoms with Crippen molar-refractivity contribution < 1.29 is 39.3 Å². The van der Waals surface area contributed by atoms with Gasteiger partial charge in [-0.2, -0.15) is 0 Å². The van der Waals surface area contributed by atoms with Crippen LogP contribution in [0.25, 0.3) is 0 Å². The highest BCUT2D eigenvalue weighted by atomic mass is 32.2. The molecule has 2 aromatic carbocycles. The summed E-state index contributed by atoms with van der Waals surface area (Å²) in [6.45, 7) is 0. The lowest BCUT2D eigenvalue weighted by molar-refractivity contribution is -0.121. The number of anilines is 1. The van der Waals surface area contributed by atoms with E-state index >= 15 is 0 Å². The molecule has 2 amide bonds. The monoisotopic (exact) mass is 415 g/mol. The molecule has 1 heterocycles. The van der Waals surface area contributed by atoms with Crippen LogP contribution in [0.1, 0.15) is 37.5 Å². The third-order valence-electron chi connectivity index (χ3n) is 4.16. The van der Waals surface area contributed by atoms with Gasteiger partial charge in [0.2, 0.25) is 11.8 Å². The predicted molar refractivity (Wildman–Crippen MR) is 101 cm³/mol. The minimum Gasteiger partial charge on any atom is -0.478 e. The summed E-state index contributed by atoms with van der Waals surface area (Å²) in [5, 5.41) is 26.7. The molecule has 29 heavy (non-hydrogen) atoms. The highest BCUT2D eigenvalue weighted by Gasteiger charge is 2.41. The van der Waals surface area contributed by atoms with Crippen LogP contribution in [0.15, 0.2) is 47.4 Å². The number of benzene rings is 2. The molecule has 1 unspecified atom stereocenters. The first-order chi connectivity index (χ1) is 13.7. The van der Waals surface area contributed by atoms with Crippen LogP contribution in [0, 0.1) is 0 Å². The fraction of sp³-hybridized carbons (Fsp3) is 0.105. The molecule has 2 aromatic rings. The highest BCUT2D eigenvalue weighted by Crippen LogP contribution is 2.36. The number of thioether (sulfide) groups is 1. The molecule has 10 heteroatoms. The van der Waals surface area contributed by atoms with Gasteiger partial charge < -0.3 is 15.3 Å². The molecule has 1 fully saturated rings. The summed E-state index contributed by atoms with van der Waals surface area (Å²) in [6.07, 6.45) is -0.239. The third-order valence-corrected chi connectivity index (χ3v) is 5.42. The summed E-state index contributed by atoms with van der Waals surface area (Å²) in [5.74, 6) is -5.32. The molecule has 0 aliphatic carbocycles. The normalized spacial score (nSPS) is 16.1. The van der Waals surface area contributed by atoms with E-state index in [1.165, 1.54) is 18.2 Å². The third kappa shape index (κ3) is 3.97. The van der Waals surface area contributed by atoms with E-state index < -0.39 is 35.0 Å². The van der Waals surface area contributed by atoms with E-state index in [1.807, 2.05) is 0 Å². The van der Waals surface area contributed by atoms with Crippen molar-refractivity contribution in [3.63, 3.8) is 0 Å². The van der Waals surface area contributed by atoms with Crippen LogP contribution in [-0.2, 0) is 9.59 Å². The topological polar surface area (TPSA) is 149 Å². The Morgan fingerprint density at radius 3 is 2.03 bits per heavy atom. The fourth-order valence-corrected chi connectivity index (χ4v) is 4.03. The molecule has 0 bridgehead atoms. The zero-order valence-electron chi connectivity index (χ0n) is 14.6. The molecule has 1 aliphatic rings. The van der Waals surface area contributed by atoms with E-state index in [9.17, 15) is 39.3 Å². The molecule has 1 aliphatic heterocycles. The van der Waals surface area contributed by atoms with Crippen LogP contribution in [0.4, 0.5) is 5.69 Å². The molecule has 0 aromatic heterocycles. The minimum atomic E-state index is -1.41. The zero-order chi connectivity index (χ0) is 21.3. The van der Waals surface area contributed by atoms with Gasteiger partial charge in [-0.1, -0.05) is 12.1 Å². The molecule has 1 saturated heterocycles. The van der Waals surface area contributed by atoms with Crippen LogP contribution >= 0.6 is 11.8 Å². The van der Waals surface area contributed by atoms with Crippen molar-refractivity contribution in [2.45, 2.75) is 16.6 Å². The fourth-order valence-electron chi connectivity index (χ4n) is 2.85. The van der Waals surface area contributed by atoms with Crippen molar-refractivity contribution in [1.29, 1.82) is 0 Å². The SMILES string of the molecule is O=C(O)c1cc(C(=O)O)cc(N2C(=O)CC(Sc3ccccc3C(=O)O)C2=O)c1. The first-order valence-corrected chi connectivity index (χ1v) is 9.04. The lowest BCUT2D eigenvalue weighted by Gasteiger charge is -2.16. The first-order valence-electron chi connectivity index (χ1n) is 8.16. The summed E-state index contributed by atoms with van der Waals surface area (Å²) in [7, 11) is 0. The van der Waals surface area contributed by atoms with Crippen LogP contribution in [0.2, 0.25) is 0 Å². The molecular formula is C19H13NO8S. The van der Waals surface area contributed by atoms with Gasteiger partial charge in [0, 0.05) is 11.3 Å². The molecule has 0 spiro atoms. The smallest absolute Gasteiger partial charge is 0.336 e. The van der Waals surface area contributed by atoms with Crippen LogP contribution in [0.3, 0.4) is 0 Å². The summed E-state index contributed by atoms with van der Waals surface area (Å²) in [6, 6.07) is 9.04. The number of carboxylic acid groups (broad SMARTS) is 3. The Morgan fingerprint density at radius 1 is 0.897 bits per heavy atom. The van der Waals surface area contributed by atoms with Gasteiger partial charge in [-0.15, -0.1) is 11.8 Å². The van der Waals surface area contributed by atoms with Crippen LogP contribution < -0.4 is 4.90 Å². The second kappa shape index (κ2) is 7.76. The molecule has 0 radical (unpaired) electrons. The average Bonchev–Trinajstić information content (AvgIpc) is 2.94. The van der Waals surface area contributed by atoms with Gasteiger partial charge in [-0.05, 0) is 30.3 Å².